The van der Waals surface area contributed by atoms with Crippen molar-refractivity contribution in [2.45, 2.75) is 6.10 Å². The molecule has 0 radical (unpaired) electrons. The van der Waals surface area contributed by atoms with Crippen LogP contribution in [0.15, 0.2) is 24.3 Å². The van der Waals surface area contributed by atoms with Gasteiger partial charge in [-0.2, -0.15) is 0 Å². The molecule has 0 aliphatic carbocycles. The predicted octanol–water partition coefficient (Wildman–Crippen LogP) is 1.20. The van der Waals surface area contributed by atoms with E-state index in [0.717, 1.165) is 12.1 Å². The summed E-state index contributed by atoms with van der Waals surface area (Å²) in [6, 6.07) is 7.57. The maximum atomic E-state index is 10.9. The summed E-state index contributed by atoms with van der Waals surface area (Å²) in [5.41, 5.74) is 6.26. The van der Waals surface area contributed by atoms with E-state index in [1.54, 1.807) is 0 Å². The van der Waals surface area contributed by atoms with Crippen LogP contribution >= 0.6 is 11.6 Å². The molecule has 0 saturated carbocycles. The molecule has 1 saturated heterocycles. The number of benzene rings is 1. The van der Waals surface area contributed by atoms with Crippen LogP contribution in [-0.4, -0.2) is 37.0 Å². The number of nitrogens with zero attached hydrogens (tertiary/aromatic N) is 1. The second-order valence-corrected chi connectivity index (χ2v) is 4.55. The fraction of sp³-hybridized carbons (Fsp3) is 0.417. The number of ether oxygens (including phenoxy) is 1. The largest absolute Gasteiger partial charge is 0.371 e. The third kappa shape index (κ3) is 3.43. The van der Waals surface area contributed by atoms with E-state index in [1.165, 1.54) is 0 Å². The lowest BCUT2D eigenvalue weighted by atomic mass is 10.1. The van der Waals surface area contributed by atoms with E-state index in [0.29, 0.717) is 18.2 Å². The molecule has 0 aromatic heterocycles. The fourth-order valence-corrected chi connectivity index (χ4v) is 2.07. The molecule has 2 N–H and O–H groups in total. The minimum Gasteiger partial charge on any atom is -0.371 e. The van der Waals surface area contributed by atoms with Crippen LogP contribution in [0.3, 0.4) is 0 Å². The Morgan fingerprint density at radius 1 is 1.47 bits per heavy atom. The molecule has 4 nitrogen and oxygen atoms in total. The zero-order valence-corrected chi connectivity index (χ0v) is 10.2. The number of hydrogen-bond acceptors (Lipinski definition) is 3. The Balaban J connectivity index is 2.01. The first-order chi connectivity index (χ1) is 8.15. The van der Waals surface area contributed by atoms with Gasteiger partial charge in [0.15, 0.2) is 0 Å². The van der Waals surface area contributed by atoms with E-state index in [2.05, 4.69) is 0 Å². The van der Waals surface area contributed by atoms with Crippen molar-refractivity contribution < 1.29 is 9.53 Å². The van der Waals surface area contributed by atoms with Gasteiger partial charge >= 0.3 is 0 Å². The molecule has 17 heavy (non-hydrogen) atoms. The maximum absolute atomic E-state index is 10.9. The van der Waals surface area contributed by atoms with Gasteiger partial charge in [-0.05, 0) is 17.7 Å². The van der Waals surface area contributed by atoms with Crippen LogP contribution in [0.25, 0.3) is 0 Å². The first-order valence-corrected chi connectivity index (χ1v) is 5.90. The van der Waals surface area contributed by atoms with Crippen LogP contribution < -0.4 is 5.73 Å². The van der Waals surface area contributed by atoms with Gasteiger partial charge in [0.1, 0.15) is 0 Å². The third-order valence-electron chi connectivity index (χ3n) is 2.77. The number of primary amides is 1. The number of rotatable bonds is 3. The van der Waals surface area contributed by atoms with Gasteiger partial charge in [-0.1, -0.05) is 23.7 Å². The Morgan fingerprint density at radius 2 is 2.18 bits per heavy atom. The van der Waals surface area contributed by atoms with Gasteiger partial charge in [0.05, 0.1) is 19.3 Å². The second-order valence-electron chi connectivity index (χ2n) is 4.11. The van der Waals surface area contributed by atoms with Crippen molar-refractivity contribution in [3.05, 3.63) is 34.9 Å². The summed E-state index contributed by atoms with van der Waals surface area (Å²) in [7, 11) is 0. The van der Waals surface area contributed by atoms with Gasteiger partial charge in [0.2, 0.25) is 5.91 Å². The number of amides is 1. The number of carbonyl (C=O) groups is 1. The Hall–Kier alpha value is -1.10. The van der Waals surface area contributed by atoms with Gasteiger partial charge in [-0.25, -0.2) is 0 Å². The molecule has 1 aliphatic rings. The molecule has 0 bridgehead atoms. The number of carbonyl (C=O) groups excluding carboxylic acids is 1. The molecule has 1 fully saturated rings. The van der Waals surface area contributed by atoms with Crippen molar-refractivity contribution in [1.29, 1.82) is 0 Å². The molecule has 92 valence electrons. The number of halogens is 1. The van der Waals surface area contributed by atoms with E-state index in [4.69, 9.17) is 22.1 Å². The molecule has 2 rings (SSSR count). The minimum absolute atomic E-state index is 0.0135. The normalized spacial score (nSPS) is 21.4. The Labute approximate surface area is 105 Å². The van der Waals surface area contributed by atoms with Crippen LogP contribution in [0.2, 0.25) is 5.02 Å². The summed E-state index contributed by atoms with van der Waals surface area (Å²) >= 11 is 5.84. The maximum Gasteiger partial charge on any atom is 0.231 e. The highest BCUT2D eigenvalue weighted by molar-refractivity contribution is 6.30. The molecule has 1 amide bonds. The van der Waals surface area contributed by atoms with Gasteiger partial charge in [-0.3, -0.25) is 9.69 Å². The molecule has 1 heterocycles. The van der Waals surface area contributed by atoms with Crippen molar-refractivity contribution in [2.75, 3.05) is 26.2 Å². The number of morpholine rings is 1. The summed E-state index contributed by atoms with van der Waals surface area (Å²) in [5, 5.41) is 0.707. The van der Waals surface area contributed by atoms with Crippen molar-refractivity contribution in [1.82, 2.24) is 4.90 Å². The first kappa shape index (κ1) is 12.4. The molecular formula is C12H15ClN2O2. The predicted molar refractivity (Wildman–Crippen MR) is 65.8 cm³/mol. The fourth-order valence-electron chi connectivity index (χ4n) is 1.95. The van der Waals surface area contributed by atoms with Gasteiger partial charge in [0.25, 0.3) is 0 Å². The average molecular weight is 255 g/mol. The van der Waals surface area contributed by atoms with Crippen LogP contribution in [0.4, 0.5) is 0 Å². The Kier molecular flexibility index (Phi) is 3.99. The van der Waals surface area contributed by atoms with Gasteiger partial charge < -0.3 is 10.5 Å². The van der Waals surface area contributed by atoms with E-state index < -0.39 is 0 Å². The molecule has 0 spiro atoms. The number of hydrogen-bond donors (Lipinski definition) is 1. The summed E-state index contributed by atoms with van der Waals surface area (Å²) in [6.07, 6.45) is -0.0135. The lowest BCUT2D eigenvalue weighted by molar-refractivity contribution is -0.121. The summed E-state index contributed by atoms with van der Waals surface area (Å²) in [5.74, 6) is -0.304. The molecule has 1 atom stereocenters. The van der Waals surface area contributed by atoms with E-state index >= 15 is 0 Å². The van der Waals surface area contributed by atoms with E-state index in [9.17, 15) is 4.79 Å². The van der Waals surface area contributed by atoms with Crippen molar-refractivity contribution in [3.63, 3.8) is 0 Å². The molecule has 0 unspecified atom stereocenters. The Bertz CT molecular complexity index is 394. The van der Waals surface area contributed by atoms with Gasteiger partial charge in [0, 0.05) is 18.1 Å². The van der Waals surface area contributed by atoms with Crippen LogP contribution in [0, 0.1) is 0 Å². The van der Waals surface area contributed by atoms with Crippen molar-refractivity contribution >= 4 is 17.5 Å². The highest BCUT2D eigenvalue weighted by Crippen LogP contribution is 2.23. The Morgan fingerprint density at radius 3 is 2.82 bits per heavy atom. The SMILES string of the molecule is NC(=O)CN1CCO[C@H](c2ccc(Cl)cc2)C1. The summed E-state index contributed by atoms with van der Waals surface area (Å²) in [4.78, 5) is 12.9. The van der Waals surface area contributed by atoms with Crippen LogP contribution in [-0.2, 0) is 9.53 Å². The molecule has 1 aromatic carbocycles. The monoisotopic (exact) mass is 254 g/mol. The lowest BCUT2D eigenvalue weighted by Gasteiger charge is -2.32. The molecule has 5 heteroatoms. The third-order valence-corrected chi connectivity index (χ3v) is 3.02. The minimum atomic E-state index is -0.304. The average Bonchev–Trinajstić information content (AvgIpc) is 2.29. The van der Waals surface area contributed by atoms with E-state index in [-0.39, 0.29) is 18.6 Å². The zero-order chi connectivity index (χ0) is 12.3. The second kappa shape index (κ2) is 5.49. The standard InChI is InChI=1S/C12H15ClN2O2/c13-10-3-1-9(2-4-10)11-7-15(5-6-17-11)8-12(14)16/h1-4,11H,5-8H2,(H2,14,16)/t11-/m0/s1. The van der Waals surface area contributed by atoms with Crippen molar-refractivity contribution in [2.24, 2.45) is 5.73 Å². The first-order valence-electron chi connectivity index (χ1n) is 5.53. The molecule has 1 aromatic rings. The summed E-state index contributed by atoms with van der Waals surface area (Å²) in [6.45, 7) is 2.33. The van der Waals surface area contributed by atoms with Crippen LogP contribution in [0.5, 0.6) is 0 Å². The van der Waals surface area contributed by atoms with Gasteiger partial charge in [-0.15, -0.1) is 0 Å². The highest BCUT2D eigenvalue weighted by atomic mass is 35.5. The summed E-state index contributed by atoms with van der Waals surface area (Å²) < 4.78 is 5.68. The molecular weight excluding hydrogens is 240 g/mol. The highest BCUT2D eigenvalue weighted by Gasteiger charge is 2.22. The van der Waals surface area contributed by atoms with E-state index in [1.807, 2.05) is 29.2 Å². The smallest absolute Gasteiger partial charge is 0.231 e. The molecule has 1 aliphatic heterocycles. The van der Waals surface area contributed by atoms with Crippen molar-refractivity contribution in [3.8, 4) is 0 Å². The zero-order valence-electron chi connectivity index (χ0n) is 9.43. The topological polar surface area (TPSA) is 55.6 Å². The lowest BCUT2D eigenvalue weighted by Crippen LogP contribution is -2.42. The number of nitrogens with two attached hydrogens (primary N) is 1. The van der Waals surface area contributed by atoms with Crippen LogP contribution in [0.1, 0.15) is 11.7 Å². The quantitative estimate of drug-likeness (QED) is 0.882.